The van der Waals surface area contributed by atoms with E-state index in [1.807, 2.05) is 0 Å². The molecule has 0 fully saturated rings. The number of ether oxygens (including phenoxy) is 2. The number of hydrogen-bond donors (Lipinski definition) is 1. The van der Waals surface area contributed by atoms with Crippen LogP contribution in [0.1, 0.15) is 10.4 Å². The van der Waals surface area contributed by atoms with Crippen LogP contribution in [-0.4, -0.2) is 25.3 Å². The van der Waals surface area contributed by atoms with Crippen molar-refractivity contribution in [3.05, 3.63) is 47.8 Å². The lowest BCUT2D eigenvalue weighted by molar-refractivity contribution is 0.0693. The molecule has 0 aliphatic carbocycles. The molecular weight excluding hydrogens is 263 g/mol. The molecule has 0 saturated heterocycles. The molecule has 0 aliphatic rings. The number of carbonyl (C=O) groups is 1. The highest BCUT2D eigenvalue weighted by molar-refractivity contribution is 5.94. The first-order chi connectivity index (χ1) is 9.58. The summed E-state index contributed by atoms with van der Waals surface area (Å²) in [6.07, 6.45) is 0. The van der Waals surface area contributed by atoms with E-state index in [9.17, 15) is 9.18 Å². The maximum absolute atomic E-state index is 14.1. The molecule has 0 unspecified atom stereocenters. The first-order valence-electron chi connectivity index (χ1n) is 5.82. The number of hydrogen-bond acceptors (Lipinski definition) is 3. The van der Waals surface area contributed by atoms with Crippen LogP contribution in [0.4, 0.5) is 4.39 Å². The van der Waals surface area contributed by atoms with Crippen LogP contribution < -0.4 is 9.47 Å². The average Bonchev–Trinajstić information content (AvgIpc) is 2.46. The van der Waals surface area contributed by atoms with Crippen molar-refractivity contribution in [3.63, 3.8) is 0 Å². The Morgan fingerprint density at radius 3 is 2.40 bits per heavy atom. The first kappa shape index (κ1) is 13.9. The number of rotatable bonds is 4. The predicted molar refractivity (Wildman–Crippen MR) is 71.9 cm³/mol. The van der Waals surface area contributed by atoms with Gasteiger partial charge in [0.05, 0.1) is 14.2 Å². The van der Waals surface area contributed by atoms with Crippen LogP contribution in [0.15, 0.2) is 36.4 Å². The van der Waals surface area contributed by atoms with E-state index in [0.717, 1.165) is 0 Å². The summed E-state index contributed by atoms with van der Waals surface area (Å²) in [6, 6.07) is 8.93. The highest BCUT2D eigenvalue weighted by Gasteiger charge is 2.18. The number of benzene rings is 2. The number of carboxylic acids is 1. The van der Waals surface area contributed by atoms with Gasteiger partial charge >= 0.3 is 5.97 Å². The molecule has 0 bridgehead atoms. The summed E-state index contributed by atoms with van der Waals surface area (Å²) in [5, 5.41) is 9.13. The van der Waals surface area contributed by atoms with Gasteiger partial charge in [-0.05, 0) is 18.2 Å². The number of methoxy groups -OCH3 is 2. The number of halogens is 1. The van der Waals surface area contributed by atoms with E-state index in [1.165, 1.54) is 32.4 Å². The largest absolute Gasteiger partial charge is 0.497 e. The van der Waals surface area contributed by atoms with Gasteiger partial charge in [-0.3, -0.25) is 0 Å². The Morgan fingerprint density at radius 1 is 1.10 bits per heavy atom. The number of carboxylic acid groups (broad SMARTS) is 1. The second-order valence-corrected chi connectivity index (χ2v) is 4.04. The Hall–Kier alpha value is -2.56. The van der Waals surface area contributed by atoms with Crippen LogP contribution in [-0.2, 0) is 0 Å². The van der Waals surface area contributed by atoms with Crippen molar-refractivity contribution < 1.29 is 23.8 Å². The molecule has 104 valence electrons. The van der Waals surface area contributed by atoms with E-state index in [4.69, 9.17) is 14.6 Å². The summed E-state index contributed by atoms with van der Waals surface area (Å²) >= 11 is 0. The molecule has 0 saturated carbocycles. The van der Waals surface area contributed by atoms with Crippen molar-refractivity contribution in [3.8, 4) is 22.6 Å². The standard InChI is InChI=1S/C15H13FO4/c1-19-9-6-7-10(13(16)8-9)11-4-3-5-12(15(17)18)14(11)20-2/h3-8H,1-2H3,(H,17,18). The summed E-state index contributed by atoms with van der Waals surface area (Å²) in [7, 11) is 2.80. The number of aromatic carboxylic acids is 1. The molecule has 0 atom stereocenters. The minimum Gasteiger partial charge on any atom is -0.497 e. The second kappa shape index (κ2) is 5.61. The van der Waals surface area contributed by atoms with Gasteiger partial charge in [0.1, 0.15) is 22.9 Å². The van der Waals surface area contributed by atoms with E-state index >= 15 is 0 Å². The molecule has 5 heteroatoms. The van der Waals surface area contributed by atoms with Crippen molar-refractivity contribution in [1.29, 1.82) is 0 Å². The molecule has 0 aromatic heterocycles. The summed E-state index contributed by atoms with van der Waals surface area (Å²) in [5.41, 5.74) is 0.624. The molecule has 2 rings (SSSR count). The minimum absolute atomic E-state index is 0.0137. The molecule has 1 N–H and O–H groups in total. The number of para-hydroxylation sites is 1. The van der Waals surface area contributed by atoms with Gasteiger partial charge in [-0.1, -0.05) is 12.1 Å². The first-order valence-corrected chi connectivity index (χ1v) is 5.82. The normalized spacial score (nSPS) is 10.2. The molecule has 0 spiro atoms. The lowest BCUT2D eigenvalue weighted by atomic mass is 10.0. The fourth-order valence-electron chi connectivity index (χ4n) is 1.98. The van der Waals surface area contributed by atoms with Crippen LogP contribution in [0.5, 0.6) is 11.5 Å². The highest BCUT2D eigenvalue weighted by atomic mass is 19.1. The van der Waals surface area contributed by atoms with Crippen molar-refractivity contribution in [2.45, 2.75) is 0 Å². The van der Waals surface area contributed by atoms with Crippen LogP contribution in [0.25, 0.3) is 11.1 Å². The molecule has 2 aromatic rings. The van der Waals surface area contributed by atoms with Crippen LogP contribution in [0.3, 0.4) is 0 Å². The van der Waals surface area contributed by atoms with Gasteiger partial charge in [0.15, 0.2) is 0 Å². The monoisotopic (exact) mass is 276 g/mol. The minimum atomic E-state index is -1.13. The maximum atomic E-state index is 14.1. The van der Waals surface area contributed by atoms with E-state index in [0.29, 0.717) is 11.3 Å². The maximum Gasteiger partial charge on any atom is 0.339 e. The molecular formula is C15H13FO4. The quantitative estimate of drug-likeness (QED) is 0.931. The summed E-state index contributed by atoms with van der Waals surface area (Å²) in [5.74, 6) is -1.12. The van der Waals surface area contributed by atoms with E-state index in [2.05, 4.69) is 0 Å². The van der Waals surface area contributed by atoms with E-state index in [1.54, 1.807) is 18.2 Å². The Kier molecular flexibility index (Phi) is 3.89. The third-order valence-corrected chi connectivity index (χ3v) is 2.92. The van der Waals surface area contributed by atoms with Gasteiger partial charge in [-0.2, -0.15) is 0 Å². The zero-order valence-electron chi connectivity index (χ0n) is 11.0. The van der Waals surface area contributed by atoms with Gasteiger partial charge in [-0.25, -0.2) is 9.18 Å². The fourth-order valence-corrected chi connectivity index (χ4v) is 1.98. The van der Waals surface area contributed by atoms with Crippen LogP contribution >= 0.6 is 0 Å². The van der Waals surface area contributed by atoms with E-state index in [-0.39, 0.29) is 16.9 Å². The Balaban J connectivity index is 2.63. The Labute approximate surface area is 115 Å². The van der Waals surface area contributed by atoms with Gasteiger partial charge < -0.3 is 14.6 Å². The highest BCUT2D eigenvalue weighted by Crippen LogP contribution is 2.35. The third-order valence-electron chi connectivity index (χ3n) is 2.92. The van der Waals surface area contributed by atoms with Gasteiger partial charge in [0, 0.05) is 17.2 Å². The summed E-state index contributed by atoms with van der Waals surface area (Å²) in [6.45, 7) is 0. The van der Waals surface area contributed by atoms with Gasteiger partial charge in [-0.15, -0.1) is 0 Å². The zero-order chi connectivity index (χ0) is 14.7. The third kappa shape index (κ3) is 2.42. The lowest BCUT2D eigenvalue weighted by Gasteiger charge is -2.12. The molecule has 0 aliphatic heterocycles. The second-order valence-electron chi connectivity index (χ2n) is 4.04. The SMILES string of the molecule is COc1ccc(-c2cccc(C(=O)O)c2OC)c(F)c1. The topological polar surface area (TPSA) is 55.8 Å². The molecule has 20 heavy (non-hydrogen) atoms. The lowest BCUT2D eigenvalue weighted by Crippen LogP contribution is -2.02. The van der Waals surface area contributed by atoms with E-state index < -0.39 is 11.8 Å². The van der Waals surface area contributed by atoms with Gasteiger partial charge in [0.2, 0.25) is 0 Å². The zero-order valence-corrected chi connectivity index (χ0v) is 11.0. The Morgan fingerprint density at radius 2 is 1.85 bits per heavy atom. The Bertz CT molecular complexity index is 652. The molecule has 4 nitrogen and oxygen atoms in total. The summed E-state index contributed by atoms with van der Waals surface area (Å²) in [4.78, 5) is 11.2. The fraction of sp³-hybridized carbons (Fsp3) is 0.133. The smallest absolute Gasteiger partial charge is 0.339 e. The van der Waals surface area contributed by atoms with Crippen molar-refractivity contribution in [2.75, 3.05) is 14.2 Å². The molecule has 0 amide bonds. The van der Waals surface area contributed by atoms with Crippen molar-refractivity contribution >= 4 is 5.97 Å². The van der Waals surface area contributed by atoms with Gasteiger partial charge in [0.25, 0.3) is 0 Å². The van der Waals surface area contributed by atoms with Crippen molar-refractivity contribution in [1.82, 2.24) is 0 Å². The average molecular weight is 276 g/mol. The molecule has 2 aromatic carbocycles. The van der Waals surface area contributed by atoms with Crippen LogP contribution in [0.2, 0.25) is 0 Å². The predicted octanol–water partition coefficient (Wildman–Crippen LogP) is 3.21. The summed E-state index contributed by atoms with van der Waals surface area (Å²) < 4.78 is 24.2. The van der Waals surface area contributed by atoms with Crippen LogP contribution in [0, 0.1) is 5.82 Å². The molecule has 0 heterocycles. The van der Waals surface area contributed by atoms with Crippen molar-refractivity contribution in [2.24, 2.45) is 0 Å². The molecule has 0 radical (unpaired) electrons.